The van der Waals surface area contributed by atoms with Gasteiger partial charge in [0, 0.05) is 22.8 Å². The molecule has 3 rings (SSSR count). The van der Waals surface area contributed by atoms with Gasteiger partial charge >= 0.3 is 0 Å². The summed E-state index contributed by atoms with van der Waals surface area (Å²) < 4.78 is 8.35. The molecule has 1 amide bonds. The molecule has 32 heavy (non-hydrogen) atoms. The lowest BCUT2D eigenvalue weighted by Gasteiger charge is -2.14. The van der Waals surface area contributed by atoms with Crippen LogP contribution in [-0.4, -0.2) is 34.8 Å². The maximum absolute atomic E-state index is 13.0. The van der Waals surface area contributed by atoms with Gasteiger partial charge < -0.3 is 20.0 Å². The molecule has 0 saturated heterocycles. The van der Waals surface area contributed by atoms with E-state index >= 15 is 0 Å². The zero-order valence-corrected chi connectivity index (χ0v) is 19.6. The molecular weight excluding hydrogens is 472 g/mol. The van der Waals surface area contributed by atoms with Crippen molar-refractivity contribution in [3.05, 3.63) is 63.8 Å². The number of nitrogens with one attached hydrogen (secondary N) is 3. The highest BCUT2D eigenvalue weighted by Gasteiger charge is 2.20. The summed E-state index contributed by atoms with van der Waals surface area (Å²) in [6.45, 7) is 4.42. The van der Waals surface area contributed by atoms with Crippen LogP contribution < -0.4 is 15.4 Å². The summed E-state index contributed by atoms with van der Waals surface area (Å²) in [5, 5.41) is 22.9. The Labute approximate surface area is 194 Å². The summed E-state index contributed by atoms with van der Waals surface area (Å²) in [5.74, 6) is 0.389. The third-order valence-electron chi connectivity index (χ3n) is 4.61. The number of allylic oxidation sites excluding steroid dienone is 1. The van der Waals surface area contributed by atoms with Crippen molar-refractivity contribution in [3.63, 3.8) is 0 Å². The molecular formula is C23H23BrN6O2. The molecule has 164 valence electrons. The molecule has 0 radical (unpaired) electrons. The van der Waals surface area contributed by atoms with Gasteiger partial charge in [0.15, 0.2) is 0 Å². The van der Waals surface area contributed by atoms with Crippen molar-refractivity contribution in [1.82, 2.24) is 14.9 Å². The third-order valence-corrected chi connectivity index (χ3v) is 5.14. The quantitative estimate of drug-likeness (QED) is 0.320. The Bertz CT molecular complexity index is 1240. The highest BCUT2D eigenvalue weighted by Crippen LogP contribution is 2.31. The molecule has 1 aromatic heterocycles. The average molecular weight is 495 g/mol. The van der Waals surface area contributed by atoms with Gasteiger partial charge in [-0.25, -0.2) is 4.98 Å². The van der Waals surface area contributed by atoms with Gasteiger partial charge in [-0.05, 0) is 43.7 Å². The number of carbonyl (C=O) groups is 1. The van der Waals surface area contributed by atoms with Crippen LogP contribution in [0.1, 0.15) is 25.0 Å². The van der Waals surface area contributed by atoms with Gasteiger partial charge in [-0.2, -0.15) is 5.26 Å². The lowest BCUT2D eigenvalue weighted by molar-refractivity contribution is -0.113. The molecule has 3 aromatic rings. The fourth-order valence-electron chi connectivity index (χ4n) is 3.24. The number of benzene rings is 2. The first-order valence-electron chi connectivity index (χ1n) is 9.91. The van der Waals surface area contributed by atoms with Crippen LogP contribution in [0, 0.1) is 16.7 Å². The van der Waals surface area contributed by atoms with Crippen molar-refractivity contribution in [2.45, 2.75) is 20.4 Å². The molecule has 3 N–H and O–H groups in total. The van der Waals surface area contributed by atoms with Crippen molar-refractivity contribution in [3.8, 4) is 11.8 Å². The zero-order chi connectivity index (χ0) is 23.3. The van der Waals surface area contributed by atoms with Gasteiger partial charge in [-0.15, -0.1) is 0 Å². The first-order valence-corrected chi connectivity index (χ1v) is 10.7. The summed E-state index contributed by atoms with van der Waals surface area (Å²) in [6.07, 6.45) is 1.47. The van der Waals surface area contributed by atoms with E-state index in [2.05, 4.69) is 37.6 Å². The molecule has 0 atom stereocenters. The summed E-state index contributed by atoms with van der Waals surface area (Å²) in [6, 6.07) is 13.2. The molecule has 1 heterocycles. The molecule has 0 fully saturated rings. The van der Waals surface area contributed by atoms with E-state index in [-0.39, 0.29) is 11.4 Å². The summed E-state index contributed by atoms with van der Waals surface area (Å²) in [4.78, 5) is 17.5. The maximum Gasteiger partial charge on any atom is 0.274 e. The number of rotatable bonds is 8. The fraction of sp³-hybridized carbons (Fsp3) is 0.217. The number of amides is 1. The minimum absolute atomic E-state index is 0.250. The molecule has 0 bridgehead atoms. The summed E-state index contributed by atoms with van der Waals surface area (Å²) >= 11 is 3.44. The number of fused-ring (bicyclic) bond motifs is 1. The number of carbonyl (C=O) groups excluding carboxylic acids is 1. The third kappa shape index (κ3) is 5.15. The lowest BCUT2D eigenvalue weighted by atomic mass is 10.2. The van der Waals surface area contributed by atoms with E-state index in [0.29, 0.717) is 41.4 Å². The predicted octanol–water partition coefficient (Wildman–Crippen LogP) is 4.20. The van der Waals surface area contributed by atoms with E-state index < -0.39 is 5.91 Å². The van der Waals surface area contributed by atoms with E-state index in [0.717, 1.165) is 10.0 Å². The maximum atomic E-state index is 13.0. The molecule has 0 saturated carbocycles. The number of imidazole rings is 1. The highest BCUT2D eigenvalue weighted by molar-refractivity contribution is 9.10. The number of anilines is 1. The van der Waals surface area contributed by atoms with E-state index in [9.17, 15) is 10.1 Å². The first kappa shape index (κ1) is 23.0. The number of hydrogen-bond acceptors (Lipinski definition) is 6. The molecule has 0 unspecified atom stereocenters. The van der Waals surface area contributed by atoms with Crippen LogP contribution in [0.15, 0.2) is 52.6 Å². The minimum atomic E-state index is -0.412. The number of aromatic nitrogens is 2. The second-order valence-electron chi connectivity index (χ2n) is 7.03. The molecule has 0 aliphatic heterocycles. The Kier molecular flexibility index (Phi) is 7.28. The Balaban J connectivity index is 2.13. The second kappa shape index (κ2) is 10.1. The SMILES string of the molecule is CCN/C(=C\C(C)=N)C(=O)Nc1nc2cc(C#N)cc(OC)c2n1Cc1ccc(Br)cc1. The topological polar surface area (TPSA) is 116 Å². The molecule has 0 aliphatic carbocycles. The number of nitriles is 1. The van der Waals surface area contributed by atoms with Gasteiger partial charge in [0.2, 0.25) is 5.95 Å². The van der Waals surface area contributed by atoms with Crippen molar-refractivity contribution < 1.29 is 9.53 Å². The number of halogens is 1. The van der Waals surface area contributed by atoms with Gasteiger partial charge in [0.1, 0.15) is 17.0 Å². The van der Waals surface area contributed by atoms with E-state index in [1.165, 1.54) is 13.2 Å². The van der Waals surface area contributed by atoms with Gasteiger partial charge in [0.25, 0.3) is 5.91 Å². The van der Waals surface area contributed by atoms with Crippen molar-refractivity contribution in [2.24, 2.45) is 0 Å². The van der Waals surface area contributed by atoms with E-state index in [4.69, 9.17) is 10.1 Å². The van der Waals surface area contributed by atoms with Crippen molar-refractivity contribution in [2.75, 3.05) is 19.0 Å². The van der Waals surface area contributed by atoms with Crippen LogP contribution in [0.4, 0.5) is 5.95 Å². The Hall–Kier alpha value is -3.64. The van der Waals surface area contributed by atoms with Crippen LogP contribution in [-0.2, 0) is 11.3 Å². The number of ether oxygens (including phenoxy) is 1. The molecule has 2 aromatic carbocycles. The summed E-state index contributed by atoms with van der Waals surface area (Å²) in [7, 11) is 1.53. The number of hydrogen-bond donors (Lipinski definition) is 3. The van der Waals surface area contributed by atoms with Gasteiger partial charge in [-0.3, -0.25) is 10.1 Å². The fourth-order valence-corrected chi connectivity index (χ4v) is 3.51. The van der Waals surface area contributed by atoms with Crippen LogP contribution in [0.3, 0.4) is 0 Å². The monoisotopic (exact) mass is 494 g/mol. The predicted molar refractivity (Wildman–Crippen MR) is 128 cm³/mol. The number of methoxy groups -OCH3 is 1. The smallest absolute Gasteiger partial charge is 0.274 e. The second-order valence-corrected chi connectivity index (χ2v) is 7.95. The van der Waals surface area contributed by atoms with E-state index in [1.807, 2.05) is 35.8 Å². The highest BCUT2D eigenvalue weighted by atomic mass is 79.9. The Morgan fingerprint density at radius 1 is 1.34 bits per heavy atom. The normalized spacial score (nSPS) is 11.2. The van der Waals surface area contributed by atoms with Gasteiger partial charge in [-0.1, -0.05) is 28.1 Å². The molecule has 8 nitrogen and oxygen atoms in total. The molecule has 9 heteroatoms. The van der Waals surface area contributed by atoms with Crippen LogP contribution in [0.2, 0.25) is 0 Å². The zero-order valence-electron chi connectivity index (χ0n) is 18.0. The Morgan fingerprint density at radius 2 is 2.06 bits per heavy atom. The molecule has 0 spiro atoms. The van der Waals surface area contributed by atoms with E-state index in [1.54, 1.807) is 19.1 Å². The molecule has 0 aliphatic rings. The first-order chi connectivity index (χ1) is 15.4. The number of likely N-dealkylation sites (N-methyl/N-ethyl adjacent to an activating group) is 1. The van der Waals surface area contributed by atoms with Crippen LogP contribution >= 0.6 is 15.9 Å². The minimum Gasteiger partial charge on any atom is -0.494 e. The van der Waals surface area contributed by atoms with Crippen molar-refractivity contribution in [1.29, 1.82) is 10.7 Å². The van der Waals surface area contributed by atoms with Crippen molar-refractivity contribution >= 4 is 44.5 Å². The van der Waals surface area contributed by atoms with Crippen LogP contribution in [0.25, 0.3) is 11.0 Å². The largest absolute Gasteiger partial charge is 0.494 e. The number of nitrogens with zero attached hydrogens (tertiary/aromatic N) is 3. The standard InChI is InChI=1S/C23H23BrN6O2/c1-4-27-19(9-14(2)26)22(31)29-23-28-18-10-16(12-25)11-20(32-3)21(18)30(23)13-15-5-7-17(24)8-6-15/h5-11,26-27H,4,13H2,1-3H3,(H,28,29,31)/b19-9-,26-14?. The van der Waals surface area contributed by atoms with Crippen LogP contribution in [0.5, 0.6) is 5.75 Å². The van der Waals surface area contributed by atoms with Gasteiger partial charge in [0.05, 0.1) is 30.8 Å². The average Bonchev–Trinajstić information content (AvgIpc) is 3.10. The lowest BCUT2D eigenvalue weighted by Crippen LogP contribution is -2.27. The Morgan fingerprint density at radius 3 is 2.66 bits per heavy atom. The summed E-state index contributed by atoms with van der Waals surface area (Å²) in [5.41, 5.74) is 3.12.